The van der Waals surface area contributed by atoms with Gasteiger partial charge in [0.05, 0.1) is 4.92 Å². The van der Waals surface area contributed by atoms with Crippen LogP contribution in [0, 0.1) is 10.1 Å². The number of benzene rings is 1. The Morgan fingerprint density at radius 3 is 2.46 bits per heavy atom. The Morgan fingerprint density at radius 1 is 1.21 bits per heavy atom. The van der Waals surface area contributed by atoms with Crippen LogP contribution in [-0.2, 0) is 11.3 Å². The minimum absolute atomic E-state index is 0.00836. The van der Waals surface area contributed by atoms with Crippen LogP contribution in [-0.4, -0.2) is 33.4 Å². The summed E-state index contributed by atoms with van der Waals surface area (Å²) in [4.78, 5) is 28.4. The Balaban J connectivity index is 1.58. The first-order valence-electron chi connectivity index (χ1n) is 7.69. The Labute approximate surface area is 139 Å². The number of rotatable bonds is 7. The molecule has 1 aliphatic rings. The van der Waals surface area contributed by atoms with Crippen molar-refractivity contribution in [3.05, 3.63) is 64.5 Å². The third-order valence-corrected chi connectivity index (χ3v) is 3.82. The van der Waals surface area contributed by atoms with Crippen LogP contribution in [0.2, 0.25) is 0 Å². The fourth-order valence-electron chi connectivity index (χ4n) is 2.38. The second kappa shape index (κ2) is 7.08. The van der Waals surface area contributed by atoms with E-state index in [1.54, 1.807) is 12.4 Å². The van der Waals surface area contributed by atoms with Crippen molar-refractivity contribution >= 4 is 11.6 Å². The van der Waals surface area contributed by atoms with E-state index in [2.05, 4.69) is 4.98 Å². The van der Waals surface area contributed by atoms with E-state index in [9.17, 15) is 14.9 Å². The maximum atomic E-state index is 12.5. The number of nitro groups is 1. The molecule has 0 atom stereocenters. The minimum Gasteiger partial charge on any atom is -0.484 e. The smallest absolute Gasteiger partial charge is 0.269 e. The summed E-state index contributed by atoms with van der Waals surface area (Å²) in [5, 5.41) is 10.6. The summed E-state index contributed by atoms with van der Waals surface area (Å²) < 4.78 is 5.47. The maximum absolute atomic E-state index is 12.5. The highest BCUT2D eigenvalue weighted by atomic mass is 16.6. The molecule has 0 saturated heterocycles. The Bertz CT molecular complexity index is 714. The number of pyridine rings is 1. The molecule has 24 heavy (non-hydrogen) atoms. The lowest BCUT2D eigenvalue weighted by Gasteiger charge is -2.22. The molecule has 0 bridgehead atoms. The van der Waals surface area contributed by atoms with Crippen molar-refractivity contribution < 1.29 is 14.5 Å². The van der Waals surface area contributed by atoms with Gasteiger partial charge in [-0.3, -0.25) is 19.9 Å². The van der Waals surface area contributed by atoms with Crippen molar-refractivity contribution in [1.82, 2.24) is 9.88 Å². The van der Waals surface area contributed by atoms with Crippen LogP contribution in [0.5, 0.6) is 5.75 Å². The summed E-state index contributed by atoms with van der Waals surface area (Å²) in [6.07, 6.45) is 5.43. The second-order valence-electron chi connectivity index (χ2n) is 5.65. The molecule has 1 amide bonds. The minimum atomic E-state index is -0.474. The van der Waals surface area contributed by atoms with E-state index >= 15 is 0 Å². The van der Waals surface area contributed by atoms with E-state index in [4.69, 9.17) is 4.74 Å². The van der Waals surface area contributed by atoms with Gasteiger partial charge in [-0.2, -0.15) is 0 Å². The van der Waals surface area contributed by atoms with Crippen LogP contribution in [0.15, 0.2) is 48.8 Å². The first kappa shape index (κ1) is 15.9. The van der Waals surface area contributed by atoms with Gasteiger partial charge in [-0.1, -0.05) is 0 Å². The predicted octanol–water partition coefficient (Wildman–Crippen LogP) is 2.56. The largest absolute Gasteiger partial charge is 0.484 e. The molecular weight excluding hydrogens is 310 g/mol. The van der Waals surface area contributed by atoms with Crippen molar-refractivity contribution in [1.29, 1.82) is 0 Å². The quantitative estimate of drug-likeness (QED) is 0.576. The molecule has 124 valence electrons. The zero-order chi connectivity index (χ0) is 16.9. The predicted molar refractivity (Wildman–Crippen MR) is 86.4 cm³/mol. The molecule has 0 N–H and O–H groups in total. The molecule has 7 heteroatoms. The van der Waals surface area contributed by atoms with Crippen molar-refractivity contribution in [3.8, 4) is 5.75 Å². The average Bonchev–Trinajstić information content (AvgIpc) is 3.44. The standard InChI is InChI=1S/C17H17N3O4/c21-17(12-24-16-5-3-15(4-6-16)20(22)23)19(14-1-2-14)11-13-7-9-18-10-8-13/h3-10,14H,1-2,11-12H2. The van der Waals surface area contributed by atoms with Crippen LogP contribution in [0.1, 0.15) is 18.4 Å². The third kappa shape index (κ3) is 4.07. The summed E-state index contributed by atoms with van der Waals surface area (Å²) >= 11 is 0. The van der Waals surface area contributed by atoms with E-state index in [1.807, 2.05) is 17.0 Å². The van der Waals surface area contributed by atoms with E-state index in [-0.39, 0.29) is 24.2 Å². The molecule has 0 aliphatic heterocycles. The molecule has 1 aliphatic carbocycles. The molecule has 1 saturated carbocycles. The van der Waals surface area contributed by atoms with E-state index < -0.39 is 4.92 Å². The number of nitro benzene ring substituents is 1. The van der Waals surface area contributed by atoms with Crippen molar-refractivity contribution in [2.75, 3.05) is 6.61 Å². The fourth-order valence-corrected chi connectivity index (χ4v) is 2.38. The molecule has 3 rings (SSSR count). The average molecular weight is 327 g/mol. The van der Waals surface area contributed by atoms with E-state index in [0.717, 1.165) is 18.4 Å². The van der Waals surface area contributed by atoms with Gasteiger partial charge in [-0.05, 0) is 42.7 Å². The number of hydrogen-bond donors (Lipinski definition) is 0. The van der Waals surface area contributed by atoms with E-state index in [1.165, 1.54) is 24.3 Å². The van der Waals surface area contributed by atoms with Crippen LogP contribution in [0.4, 0.5) is 5.69 Å². The Morgan fingerprint density at radius 2 is 1.88 bits per heavy atom. The van der Waals surface area contributed by atoms with Crippen LogP contribution in [0.25, 0.3) is 0 Å². The van der Waals surface area contributed by atoms with Gasteiger partial charge >= 0.3 is 0 Å². The lowest BCUT2D eigenvalue weighted by Crippen LogP contribution is -2.36. The number of nitrogens with zero attached hydrogens (tertiary/aromatic N) is 3. The van der Waals surface area contributed by atoms with Gasteiger partial charge in [0.15, 0.2) is 6.61 Å². The normalized spacial score (nSPS) is 13.3. The van der Waals surface area contributed by atoms with Crippen LogP contribution < -0.4 is 4.74 Å². The van der Waals surface area contributed by atoms with Crippen LogP contribution >= 0.6 is 0 Å². The number of carbonyl (C=O) groups excluding carboxylic acids is 1. The summed E-state index contributed by atoms with van der Waals surface area (Å²) in [6.45, 7) is 0.453. The zero-order valence-corrected chi connectivity index (χ0v) is 13.0. The van der Waals surface area contributed by atoms with Crippen LogP contribution in [0.3, 0.4) is 0 Å². The lowest BCUT2D eigenvalue weighted by atomic mass is 10.2. The molecule has 1 fully saturated rings. The molecule has 0 spiro atoms. The third-order valence-electron chi connectivity index (χ3n) is 3.82. The first-order valence-corrected chi connectivity index (χ1v) is 7.69. The molecule has 0 unspecified atom stereocenters. The Hall–Kier alpha value is -2.96. The van der Waals surface area contributed by atoms with Crippen molar-refractivity contribution in [3.63, 3.8) is 0 Å². The maximum Gasteiger partial charge on any atom is 0.269 e. The second-order valence-corrected chi connectivity index (χ2v) is 5.65. The molecule has 1 aromatic heterocycles. The van der Waals surface area contributed by atoms with Crippen molar-refractivity contribution in [2.45, 2.75) is 25.4 Å². The molecule has 1 aromatic carbocycles. The first-order chi connectivity index (χ1) is 11.6. The fraction of sp³-hybridized carbons (Fsp3) is 0.294. The highest BCUT2D eigenvalue weighted by molar-refractivity contribution is 5.78. The SMILES string of the molecule is O=C(COc1ccc([N+](=O)[O-])cc1)N(Cc1ccncc1)C1CC1. The highest BCUT2D eigenvalue weighted by Crippen LogP contribution is 2.28. The molecule has 1 heterocycles. The summed E-state index contributed by atoms with van der Waals surface area (Å²) in [6, 6.07) is 9.75. The molecule has 0 radical (unpaired) electrons. The summed E-state index contributed by atoms with van der Waals surface area (Å²) in [7, 11) is 0. The van der Waals surface area contributed by atoms with Gasteiger partial charge in [-0.25, -0.2) is 0 Å². The van der Waals surface area contributed by atoms with Gasteiger partial charge < -0.3 is 9.64 Å². The van der Waals surface area contributed by atoms with Crippen molar-refractivity contribution in [2.24, 2.45) is 0 Å². The monoisotopic (exact) mass is 327 g/mol. The lowest BCUT2D eigenvalue weighted by molar-refractivity contribution is -0.384. The number of ether oxygens (including phenoxy) is 1. The number of non-ortho nitro benzene ring substituents is 1. The number of hydrogen-bond acceptors (Lipinski definition) is 5. The van der Waals surface area contributed by atoms with Gasteiger partial charge in [-0.15, -0.1) is 0 Å². The highest BCUT2D eigenvalue weighted by Gasteiger charge is 2.32. The van der Waals surface area contributed by atoms with Gasteiger partial charge in [0.2, 0.25) is 0 Å². The van der Waals surface area contributed by atoms with Gasteiger partial charge in [0.1, 0.15) is 5.75 Å². The topological polar surface area (TPSA) is 85.6 Å². The summed E-state index contributed by atoms with van der Waals surface area (Å²) in [5.74, 6) is 0.348. The number of aromatic nitrogens is 1. The zero-order valence-electron chi connectivity index (χ0n) is 13.0. The molecular formula is C17H17N3O4. The number of amides is 1. The van der Waals surface area contributed by atoms with E-state index in [0.29, 0.717) is 12.3 Å². The van der Waals surface area contributed by atoms with Gasteiger partial charge in [0, 0.05) is 37.1 Å². The molecule has 2 aromatic rings. The Kier molecular flexibility index (Phi) is 4.69. The number of carbonyl (C=O) groups is 1. The molecule has 7 nitrogen and oxygen atoms in total. The van der Waals surface area contributed by atoms with Gasteiger partial charge in [0.25, 0.3) is 11.6 Å². The summed E-state index contributed by atoms with van der Waals surface area (Å²) in [5.41, 5.74) is 1.02.